The molecule has 0 aromatic carbocycles. The van der Waals surface area contributed by atoms with Crippen molar-refractivity contribution >= 4 is 17.0 Å². The number of imidazole rings is 1. The van der Waals surface area contributed by atoms with Gasteiger partial charge in [0.2, 0.25) is 11.9 Å². The highest BCUT2D eigenvalue weighted by Crippen LogP contribution is 2.12. The van der Waals surface area contributed by atoms with E-state index >= 15 is 0 Å². The highest BCUT2D eigenvalue weighted by Gasteiger charge is 2.07. The fourth-order valence-electron chi connectivity index (χ4n) is 1.36. The van der Waals surface area contributed by atoms with Crippen LogP contribution in [0.1, 0.15) is 0 Å². The molecule has 0 aliphatic rings. The molecule has 74 valence electrons. The van der Waals surface area contributed by atoms with Gasteiger partial charge < -0.3 is 10.7 Å². The summed E-state index contributed by atoms with van der Waals surface area (Å²) in [6, 6.07) is 1.81. The molecule has 3 aromatic heterocycles. The predicted octanol–water partition coefficient (Wildman–Crippen LogP) is 0.121. The average Bonchev–Trinajstić information content (AvgIpc) is 2.82. The van der Waals surface area contributed by atoms with Gasteiger partial charge in [0.05, 0.1) is 17.2 Å². The third kappa shape index (κ3) is 1.13. The van der Waals surface area contributed by atoms with Gasteiger partial charge >= 0.3 is 0 Å². The molecule has 3 N–H and O–H groups in total. The van der Waals surface area contributed by atoms with Crippen molar-refractivity contribution in [1.82, 2.24) is 29.7 Å². The molecule has 3 aromatic rings. The number of rotatable bonds is 1. The lowest BCUT2D eigenvalue weighted by Gasteiger charge is -1.94. The quantitative estimate of drug-likeness (QED) is 0.582. The Hall–Kier alpha value is -2.44. The van der Waals surface area contributed by atoms with E-state index < -0.39 is 0 Å². The average molecular weight is 201 g/mol. The molecule has 0 unspecified atom stereocenters. The summed E-state index contributed by atoms with van der Waals surface area (Å²) < 4.78 is 1.43. The first kappa shape index (κ1) is 7.92. The van der Waals surface area contributed by atoms with Crippen LogP contribution in [0.15, 0.2) is 24.8 Å². The van der Waals surface area contributed by atoms with E-state index in [0.717, 1.165) is 11.0 Å². The second-order valence-corrected chi connectivity index (χ2v) is 2.98. The lowest BCUT2D eigenvalue weighted by molar-refractivity contribution is 0.838. The first-order valence-corrected chi connectivity index (χ1v) is 4.30. The Morgan fingerprint density at radius 2 is 2.33 bits per heavy atom. The second kappa shape index (κ2) is 2.77. The molecule has 0 fully saturated rings. The highest BCUT2D eigenvalue weighted by atomic mass is 15.4. The van der Waals surface area contributed by atoms with Crippen LogP contribution in [-0.2, 0) is 0 Å². The minimum absolute atomic E-state index is 0.294. The normalized spacial score (nSPS) is 10.9. The maximum atomic E-state index is 5.61. The number of aromatic amines is 1. The van der Waals surface area contributed by atoms with Crippen molar-refractivity contribution in [3.63, 3.8) is 0 Å². The van der Waals surface area contributed by atoms with Crippen molar-refractivity contribution in [2.24, 2.45) is 0 Å². The van der Waals surface area contributed by atoms with Gasteiger partial charge in [0, 0.05) is 6.20 Å². The molecule has 0 saturated heterocycles. The van der Waals surface area contributed by atoms with Gasteiger partial charge in [-0.2, -0.15) is 14.8 Å². The van der Waals surface area contributed by atoms with Gasteiger partial charge in [0.15, 0.2) is 0 Å². The van der Waals surface area contributed by atoms with Gasteiger partial charge in [0.25, 0.3) is 0 Å². The van der Waals surface area contributed by atoms with Gasteiger partial charge in [0.1, 0.15) is 6.33 Å². The summed E-state index contributed by atoms with van der Waals surface area (Å²) in [4.78, 5) is 15.1. The molecule has 0 bridgehead atoms. The van der Waals surface area contributed by atoms with Crippen molar-refractivity contribution in [1.29, 1.82) is 0 Å². The number of hydrogen-bond donors (Lipinski definition) is 2. The fourth-order valence-corrected chi connectivity index (χ4v) is 1.36. The van der Waals surface area contributed by atoms with Gasteiger partial charge in [-0.3, -0.25) is 4.98 Å². The minimum atomic E-state index is 0.294. The van der Waals surface area contributed by atoms with Crippen LogP contribution >= 0.6 is 0 Å². The molecule has 0 spiro atoms. The van der Waals surface area contributed by atoms with Crippen LogP contribution in [-0.4, -0.2) is 29.7 Å². The Morgan fingerprint density at radius 3 is 3.07 bits per heavy atom. The van der Waals surface area contributed by atoms with E-state index in [0.29, 0.717) is 11.9 Å². The third-order valence-corrected chi connectivity index (χ3v) is 2.05. The zero-order valence-electron chi connectivity index (χ0n) is 7.62. The van der Waals surface area contributed by atoms with E-state index in [-0.39, 0.29) is 0 Å². The lowest BCUT2D eigenvalue weighted by Crippen LogP contribution is -2.03. The number of nitrogens with one attached hydrogen (secondary N) is 1. The summed E-state index contributed by atoms with van der Waals surface area (Å²) in [5.41, 5.74) is 7.26. The third-order valence-electron chi connectivity index (χ3n) is 2.05. The molecular weight excluding hydrogens is 194 g/mol. The molecule has 15 heavy (non-hydrogen) atoms. The van der Waals surface area contributed by atoms with E-state index in [2.05, 4.69) is 25.0 Å². The number of anilines is 1. The topological polar surface area (TPSA) is 98.3 Å². The van der Waals surface area contributed by atoms with Crippen molar-refractivity contribution < 1.29 is 0 Å². The van der Waals surface area contributed by atoms with E-state index in [4.69, 9.17) is 5.73 Å². The Balaban J connectivity index is 2.24. The Bertz CT molecular complexity index is 575. The van der Waals surface area contributed by atoms with Gasteiger partial charge in [-0.05, 0) is 6.07 Å². The summed E-state index contributed by atoms with van der Waals surface area (Å²) in [5, 5.41) is 3.95. The molecule has 0 aliphatic carbocycles. The number of nitrogen functional groups attached to an aromatic ring is 1. The SMILES string of the molecule is Nc1ncnn1-c1nc2ccncc2[nH]1. The number of hydrogen-bond acceptors (Lipinski definition) is 5. The summed E-state index contributed by atoms with van der Waals surface area (Å²) in [5.74, 6) is 0.829. The summed E-state index contributed by atoms with van der Waals surface area (Å²) in [6.07, 6.45) is 4.75. The number of H-pyrrole nitrogens is 1. The molecule has 0 amide bonds. The molecule has 7 heteroatoms. The second-order valence-electron chi connectivity index (χ2n) is 2.98. The summed E-state index contributed by atoms with van der Waals surface area (Å²) in [6.45, 7) is 0. The zero-order chi connectivity index (χ0) is 10.3. The standard InChI is InChI=1S/C8H7N7/c9-7-11-4-12-15(7)8-13-5-1-2-10-3-6(5)14-8/h1-4H,(H,13,14)(H2,9,11,12). The largest absolute Gasteiger partial charge is 0.368 e. The number of fused-ring (bicyclic) bond motifs is 1. The summed E-state index contributed by atoms with van der Waals surface area (Å²) in [7, 11) is 0. The highest BCUT2D eigenvalue weighted by molar-refractivity contribution is 5.74. The van der Waals surface area contributed by atoms with Crippen molar-refractivity contribution in [2.45, 2.75) is 0 Å². The van der Waals surface area contributed by atoms with Crippen LogP contribution in [0.5, 0.6) is 0 Å². The van der Waals surface area contributed by atoms with Gasteiger partial charge in [-0.15, -0.1) is 0 Å². The van der Waals surface area contributed by atoms with Crippen molar-refractivity contribution in [3.05, 3.63) is 24.8 Å². The molecule has 7 nitrogen and oxygen atoms in total. The van der Waals surface area contributed by atoms with Crippen LogP contribution in [0, 0.1) is 0 Å². The van der Waals surface area contributed by atoms with Gasteiger partial charge in [-0.1, -0.05) is 0 Å². The Labute approximate surface area is 84.0 Å². The minimum Gasteiger partial charge on any atom is -0.368 e. The fraction of sp³-hybridized carbons (Fsp3) is 0. The van der Waals surface area contributed by atoms with Crippen LogP contribution in [0.4, 0.5) is 5.95 Å². The molecular formula is C8H7N7. The Kier molecular flexibility index (Phi) is 1.46. The van der Waals surface area contributed by atoms with Crippen LogP contribution in [0.2, 0.25) is 0 Å². The smallest absolute Gasteiger partial charge is 0.232 e. The number of nitrogens with two attached hydrogens (primary N) is 1. The zero-order valence-corrected chi connectivity index (χ0v) is 7.62. The molecule has 3 rings (SSSR count). The summed E-state index contributed by atoms with van der Waals surface area (Å²) >= 11 is 0. The van der Waals surface area contributed by atoms with E-state index in [1.807, 2.05) is 6.07 Å². The number of aromatic nitrogens is 6. The number of nitrogens with zero attached hydrogens (tertiary/aromatic N) is 5. The van der Waals surface area contributed by atoms with E-state index in [1.54, 1.807) is 12.4 Å². The first-order valence-electron chi connectivity index (χ1n) is 4.30. The van der Waals surface area contributed by atoms with E-state index in [1.165, 1.54) is 11.0 Å². The number of pyridine rings is 1. The lowest BCUT2D eigenvalue weighted by atomic mass is 10.4. The molecule has 3 heterocycles. The Morgan fingerprint density at radius 1 is 1.40 bits per heavy atom. The van der Waals surface area contributed by atoms with Crippen molar-refractivity contribution in [3.8, 4) is 5.95 Å². The first-order chi connectivity index (χ1) is 7.34. The van der Waals surface area contributed by atoms with Crippen LogP contribution in [0.3, 0.4) is 0 Å². The molecule has 0 aliphatic heterocycles. The van der Waals surface area contributed by atoms with Crippen molar-refractivity contribution in [2.75, 3.05) is 5.73 Å². The maximum absolute atomic E-state index is 5.61. The predicted molar refractivity (Wildman–Crippen MR) is 53.2 cm³/mol. The molecule has 0 saturated carbocycles. The maximum Gasteiger partial charge on any atom is 0.232 e. The van der Waals surface area contributed by atoms with Crippen LogP contribution in [0.25, 0.3) is 17.0 Å². The van der Waals surface area contributed by atoms with Crippen LogP contribution < -0.4 is 5.73 Å². The van der Waals surface area contributed by atoms with Gasteiger partial charge in [-0.25, -0.2) is 4.98 Å². The molecule has 0 atom stereocenters. The molecule has 0 radical (unpaired) electrons. The monoisotopic (exact) mass is 201 g/mol. The van der Waals surface area contributed by atoms with E-state index in [9.17, 15) is 0 Å².